The number of nitrogens with zero attached hydrogens (tertiary/aromatic N) is 2. The van der Waals surface area contributed by atoms with Crippen molar-refractivity contribution in [2.45, 2.75) is 31.8 Å². The summed E-state index contributed by atoms with van der Waals surface area (Å²) >= 11 is 0. The molecular weight excluding hydrogens is 276 g/mol. The van der Waals surface area contributed by atoms with Crippen molar-refractivity contribution in [3.63, 3.8) is 0 Å². The van der Waals surface area contributed by atoms with Gasteiger partial charge < -0.3 is 9.47 Å². The molecule has 0 N–H and O–H groups in total. The average molecular weight is 296 g/mol. The fourth-order valence-corrected chi connectivity index (χ4v) is 2.65. The van der Waals surface area contributed by atoms with Crippen LogP contribution in [0.2, 0.25) is 0 Å². The van der Waals surface area contributed by atoms with Gasteiger partial charge in [0.05, 0.1) is 25.1 Å². The third-order valence-electron chi connectivity index (χ3n) is 3.81. The molecule has 3 rings (SSSR count). The van der Waals surface area contributed by atoms with Crippen LogP contribution in [-0.4, -0.2) is 23.2 Å². The van der Waals surface area contributed by atoms with E-state index in [-0.39, 0.29) is 0 Å². The molecule has 22 heavy (non-hydrogen) atoms. The first kappa shape index (κ1) is 14.6. The van der Waals surface area contributed by atoms with Crippen LogP contribution in [0.1, 0.15) is 36.9 Å². The summed E-state index contributed by atoms with van der Waals surface area (Å²) in [7, 11) is 1.67. The summed E-state index contributed by atoms with van der Waals surface area (Å²) < 4.78 is 11.5. The van der Waals surface area contributed by atoms with Gasteiger partial charge in [-0.2, -0.15) is 0 Å². The van der Waals surface area contributed by atoms with Crippen molar-refractivity contribution in [3.8, 4) is 11.5 Å². The number of hydrogen-bond donors (Lipinski definition) is 0. The highest BCUT2D eigenvalue weighted by Gasteiger charge is 2.18. The molecule has 0 amide bonds. The summed E-state index contributed by atoms with van der Waals surface area (Å²) in [6.45, 7) is 0. The molecule has 1 aromatic carbocycles. The molecular formula is C18H20N2O2. The summed E-state index contributed by atoms with van der Waals surface area (Å²) in [4.78, 5) is 8.28. The lowest BCUT2D eigenvalue weighted by molar-refractivity contribution is 0.201. The molecule has 4 nitrogen and oxygen atoms in total. The molecule has 1 aliphatic carbocycles. The van der Waals surface area contributed by atoms with E-state index in [0.717, 1.165) is 35.6 Å². The highest BCUT2D eigenvalue weighted by Crippen LogP contribution is 2.32. The molecule has 1 aliphatic rings. The van der Waals surface area contributed by atoms with Crippen molar-refractivity contribution in [2.24, 2.45) is 0 Å². The molecule has 0 atom stereocenters. The van der Waals surface area contributed by atoms with Gasteiger partial charge in [0.1, 0.15) is 0 Å². The minimum Gasteiger partial charge on any atom is -0.493 e. The van der Waals surface area contributed by atoms with Crippen LogP contribution in [-0.2, 0) is 0 Å². The molecule has 0 saturated heterocycles. The summed E-state index contributed by atoms with van der Waals surface area (Å²) in [6.07, 6.45) is 14.1. The first-order chi connectivity index (χ1) is 10.8. The van der Waals surface area contributed by atoms with E-state index in [0.29, 0.717) is 6.10 Å². The van der Waals surface area contributed by atoms with Gasteiger partial charge in [-0.3, -0.25) is 9.97 Å². The first-order valence-corrected chi connectivity index (χ1v) is 7.64. The van der Waals surface area contributed by atoms with Crippen LogP contribution in [0.5, 0.6) is 11.5 Å². The maximum Gasteiger partial charge on any atom is 0.162 e. The Morgan fingerprint density at radius 2 is 1.95 bits per heavy atom. The van der Waals surface area contributed by atoms with E-state index in [1.807, 2.05) is 30.4 Å². The zero-order valence-electron chi connectivity index (χ0n) is 12.7. The smallest absolute Gasteiger partial charge is 0.162 e. The van der Waals surface area contributed by atoms with E-state index in [1.165, 1.54) is 12.8 Å². The molecule has 0 spiro atoms. The van der Waals surface area contributed by atoms with Crippen LogP contribution in [0.15, 0.2) is 36.8 Å². The quantitative estimate of drug-likeness (QED) is 0.837. The maximum atomic E-state index is 6.10. The SMILES string of the molecule is COc1ccc(C=Cc2cnccn2)cc1OC1CCCC1. The molecule has 1 aromatic heterocycles. The van der Waals surface area contributed by atoms with Gasteiger partial charge in [0.2, 0.25) is 0 Å². The van der Waals surface area contributed by atoms with Gasteiger partial charge in [-0.05, 0) is 49.5 Å². The third kappa shape index (κ3) is 3.64. The Morgan fingerprint density at radius 1 is 1.09 bits per heavy atom. The third-order valence-corrected chi connectivity index (χ3v) is 3.81. The number of hydrogen-bond acceptors (Lipinski definition) is 4. The lowest BCUT2D eigenvalue weighted by Crippen LogP contribution is -2.11. The molecule has 114 valence electrons. The van der Waals surface area contributed by atoms with E-state index >= 15 is 0 Å². The molecule has 0 aliphatic heterocycles. The fraction of sp³-hybridized carbons (Fsp3) is 0.333. The average Bonchev–Trinajstić information content (AvgIpc) is 3.07. The first-order valence-electron chi connectivity index (χ1n) is 7.64. The Morgan fingerprint density at radius 3 is 2.68 bits per heavy atom. The normalized spacial score (nSPS) is 15.3. The Kier molecular flexibility index (Phi) is 4.68. The Bertz CT molecular complexity index is 635. The number of aromatic nitrogens is 2. The van der Waals surface area contributed by atoms with Crippen molar-refractivity contribution in [1.82, 2.24) is 9.97 Å². The lowest BCUT2D eigenvalue weighted by atomic mass is 10.1. The van der Waals surface area contributed by atoms with E-state index in [9.17, 15) is 0 Å². The summed E-state index contributed by atoms with van der Waals surface area (Å²) in [5.41, 5.74) is 1.89. The lowest BCUT2D eigenvalue weighted by Gasteiger charge is -2.16. The summed E-state index contributed by atoms with van der Waals surface area (Å²) in [6, 6.07) is 5.97. The highest BCUT2D eigenvalue weighted by molar-refractivity contribution is 5.69. The van der Waals surface area contributed by atoms with Crippen molar-refractivity contribution in [3.05, 3.63) is 48.0 Å². The predicted molar refractivity (Wildman–Crippen MR) is 86.8 cm³/mol. The number of rotatable bonds is 5. The predicted octanol–water partition coefficient (Wildman–Crippen LogP) is 3.98. The second-order valence-corrected chi connectivity index (χ2v) is 5.40. The van der Waals surface area contributed by atoms with Crippen LogP contribution in [0.3, 0.4) is 0 Å². The van der Waals surface area contributed by atoms with Gasteiger partial charge >= 0.3 is 0 Å². The molecule has 1 heterocycles. The van der Waals surface area contributed by atoms with Crippen LogP contribution in [0, 0.1) is 0 Å². The maximum absolute atomic E-state index is 6.10. The van der Waals surface area contributed by atoms with Crippen molar-refractivity contribution >= 4 is 12.2 Å². The molecule has 0 unspecified atom stereocenters. The monoisotopic (exact) mass is 296 g/mol. The van der Waals surface area contributed by atoms with Crippen molar-refractivity contribution in [1.29, 1.82) is 0 Å². The number of ether oxygens (including phenoxy) is 2. The minimum atomic E-state index is 0.313. The summed E-state index contributed by atoms with van der Waals surface area (Å²) in [5, 5.41) is 0. The second kappa shape index (κ2) is 7.07. The van der Waals surface area contributed by atoms with Gasteiger partial charge in [-0.15, -0.1) is 0 Å². The summed E-state index contributed by atoms with van der Waals surface area (Å²) in [5.74, 6) is 1.60. The van der Waals surface area contributed by atoms with Gasteiger partial charge in [-0.25, -0.2) is 0 Å². The number of methoxy groups -OCH3 is 1. The van der Waals surface area contributed by atoms with Crippen LogP contribution >= 0.6 is 0 Å². The standard InChI is InChI=1S/C18H20N2O2/c1-21-17-9-7-14(6-8-15-13-19-10-11-20-15)12-18(17)22-16-4-2-3-5-16/h6-13,16H,2-5H2,1H3. The van der Waals surface area contributed by atoms with Crippen LogP contribution in [0.4, 0.5) is 0 Å². The topological polar surface area (TPSA) is 44.2 Å². The van der Waals surface area contributed by atoms with Crippen LogP contribution in [0.25, 0.3) is 12.2 Å². The van der Waals surface area contributed by atoms with Crippen LogP contribution < -0.4 is 9.47 Å². The fourth-order valence-electron chi connectivity index (χ4n) is 2.65. The minimum absolute atomic E-state index is 0.313. The van der Waals surface area contributed by atoms with Crippen molar-refractivity contribution < 1.29 is 9.47 Å². The molecule has 4 heteroatoms. The van der Waals surface area contributed by atoms with E-state index < -0.39 is 0 Å². The largest absolute Gasteiger partial charge is 0.493 e. The second-order valence-electron chi connectivity index (χ2n) is 5.40. The Labute approximate surface area is 130 Å². The van der Waals surface area contributed by atoms with E-state index in [1.54, 1.807) is 25.7 Å². The number of benzene rings is 1. The van der Waals surface area contributed by atoms with Gasteiger partial charge in [0, 0.05) is 12.4 Å². The van der Waals surface area contributed by atoms with Gasteiger partial charge in [0.15, 0.2) is 11.5 Å². The zero-order chi connectivity index (χ0) is 15.2. The van der Waals surface area contributed by atoms with E-state index in [2.05, 4.69) is 9.97 Å². The van der Waals surface area contributed by atoms with Gasteiger partial charge in [0.25, 0.3) is 0 Å². The Hall–Kier alpha value is -2.36. The van der Waals surface area contributed by atoms with E-state index in [4.69, 9.17) is 9.47 Å². The molecule has 1 fully saturated rings. The molecule has 0 radical (unpaired) electrons. The van der Waals surface area contributed by atoms with Crippen molar-refractivity contribution in [2.75, 3.05) is 7.11 Å². The molecule has 1 saturated carbocycles. The van der Waals surface area contributed by atoms with Gasteiger partial charge in [-0.1, -0.05) is 12.1 Å². The molecule has 2 aromatic rings. The molecule has 0 bridgehead atoms. The Balaban J connectivity index is 1.78. The highest BCUT2D eigenvalue weighted by atomic mass is 16.5. The zero-order valence-corrected chi connectivity index (χ0v) is 12.7.